The standard InChI is InChI=1S/C33H52F2N4O2.C2HF3O/c1-31(2,3)30(41)39(22-11-13-33(7,8)14-12-22)24-16-23(17-36)38(18-24)29(40)27-20-37(32(4,5)6)19-26(27)25-10-9-21(34)15-28(25)35;3-2(4,5)1-6/h9-10,15,22-24,26-27H,11-14,16-20,36H2,1-8H3;1H/t23-,24-,26-,27?;/m0./s1. The summed E-state index contributed by atoms with van der Waals surface area (Å²) in [7, 11) is 0. The molecule has 1 saturated carbocycles. The van der Waals surface area contributed by atoms with E-state index >= 15 is 4.39 Å². The lowest BCUT2D eigenvalue weighted by Gasteiger charge is -2.45. The molecule has 1 aromatic rings. The average molecular weight is 673 g/mol. The fourth-order valence-electron chi connectivity index (χ4n) is 7.20. The Balaban J connectivity index is 0.000000913. The molecule has 1 aliphatic carbocycles. The van der Waals surface area contributed by atoms with Crippen LogP contribution in [-0.4, -0.2) is 88.8 Å². The van der Waals surface area contributed by atoms with Gasteiger partial charge in [0.05, 0.1) is 12.0 Å². The molecule has 0 spiro atoms. The minimum absolute atomic E-state index is 0.0450. The Morgan fingerprint density at radius 2 is 1.55 bits per heavy atom. The Bertz CT molecular complexity index is 1260. The summed E-state index contributed by atoms with van der Waals surface area (Å²) in [5.41, 5.74) is 6.18. The smallest absolute Gasteiger partial charge is 0.336 e. The molecule has 12 heteroatoms. The Kier molecular flexibility index (Phi) is 12.0. The number of carbonyl (C=O) groups is 3. The molecule has 3 fully saturated rings. The van der Waals surface area contributed by atoms with E-state index in [0.717, 1.165) is 31.7 Å². The molecule has 2 aliphatic heterocycles. The second kappa shape index (κ2) is 14.5. The molecule has 1 aromatic carbocycles. The molecule has 3 aliphatic rings. The summed E-state index contributed by atoms with van der Waals surface area (Å²) in [4.78, 5) is 43.2. The van der Waals surface area contributed by atoms with E-state index in [0.29, 0.717) is 38.2 Å². The second-order valence-electron chi connectivity index (χ2n) is 16.2. The van der Waals surface area contributed by atoms with Crippen LogP contribution < -0.4 is 5.73 Å². The third kappa shape index (κ3) is 9.74. The van der Waals surface area contributed by atoms with Crippen molar-refractivity contribution in [1.82, 2.24) is 14.7 Å². The molecule has 266 valence electrons. The van der Waals surface area contributed by atoms with E-state index in [9.17, 15) is 27.2 Å². The van der Waals surface area contributed by atoms with Crippen molar-refractivity contribution in [2.45, 2.75) is 123 Å². The summed E-state index contributed by atoms with van der Waals surface area (Å²) < 4.78 is 60.1. The molecule has 0 aromatic heterocycles. The van der Waals surface area contributed by atoms with Crippen LogP contribution in [-0.2, 0) is 14.4 Å². The van der Waals surface area contributed by atoms with Gasteiger partial charge in [0.2, 0.25) is 18.1 Å². The van der Waals surface area contributed by atoms with Gasteiger partial charge in [0, 0.05) is 61.2 Å². The molecule has 2 N–H and O–H groups in total. The largest absolute Gasteiger partial charge is 0.446 e. The van der Waals surface area contributed by atoms with Crippen LogP contribution in [0.25, 0.3) is 0 Å². The Morgan fingerprint density at radius 3 is 2.02 bits per heavy atom. The van der Waals surface area contributed by atoms with Gasteiger partial charge in [-0.3, -0.25) is 19.3 Å². The lowest BCUT2D eigenvalue weighted by Crippen LogP contribution is -2.54. The monoisotopic (exact) mass is 672 g/mol. The number of hydrogen-bond acceptors (Lipinski definition) is 5. The number of amides is 2. The van der Waals surface area contributed by atoms with Gasteiger partial charge >= 0.3 is 6.18 Å². The van der Waals surface area contributed by atoms with Crippen LogP contribution in [0.4, 0.5) is 22.0 Å². The summed E-state index contributed by atoms with van der Waals surface area (Å²) in [5, 5.41) is 0. The highest BCUT2D eigenvalue weighted by Crippen LogP contribution is 2.42. The minimum atomic E-state index is -4.64. The highest BCUT2D eigenvalue weighted by atomic mass is 19.4. The van der Waals surface area contributed by atoms with E-state index in [1.54, 1.807) is 0 Å². The normalized spacial score (nSPS) is 25.7. The van der Waals surface area contributed by atoms with Gasteiger partial charge in [-0.1, -0.05) is 40.7 Å². The maximum Gasteiger partial charge on any atom is 0.446 e. The summed E-state index contributed by atoms with van der Waals surface area (Å²) in [6.45, 7) is 18.5. The molecule has 0 radical (unpaired) electrons. The van der Waals surface area contributed by atoms with E-state index in [1.165, 1.54) is 12.1 Å². The first-order chi connectivity index (χ1) is 21.5. The van der Waals surface area contributed by atoms with Crippen LogP contribution in [0.5, 0.6) is 0 Å². The van der Waals surface area contributed by atoms with Crippen molar-refractivity contribution in [2.75, 3.05) is 26.2 Å². The molecule has 2 saturated heterocycles. The summed E-state index contributed by atoms with van der Waals surface area (Å²) in [6, 6.07) is 3.53. The van der Waals surface area contributed by atoms with Gasteiger partial charge in [-0.05, 0) is 69.9 Å². The number of likely N-dealkylation sites (tertiary alicyclic amines) is 2. The van der Waals surface area contributed by atoms with E-state index in [1.807, 2.05) is 25.7 Å². The zero-order chi connectivity index (χ0) is 35.7. The zero-order valence-electron chi connectivity index (χ0n) is 29.1. The maximum absolute atomic E-state index is 15.1. The first-order valence-corrected chi connectivity index (χ1v) is 16.6. The van der Waals surface area contributed by atoms with Gasteiger partial charge < -0.3 is 15.5 Å². The van der Waals surface area contributed by atoms with Gasteiger partial charge in [-0.15, -0.1) is 0 Å². The summed E-state index contributed by atoms with van der Waals surface area (Å²) >= 11 is 0. The third-order valence-electron chi connectivity index (χ3n) is 10.0. The fraction of sp³-hybridized carbons (Fsp3) is 0.743. The molecular formula is C35H53F5N4O3. The number of carbonyl (C=O) groups excluding carboxylic acids is 3. The topological polar surface area (TPSA) is 86.9 Å². The van der Waals surface area contributed by atoms with Gasteiger partial charge in [0.15, 0.2) is 0 Å². The minimum Gasteiger partial charge on any atom is -0.336 e. The van der Waals surface area contributed by atoms with Crippen molar-refractivity contribution >= 4 is 18.1 Å². The van der Waals surface area contributed by atoms with E-state index in [4.69, 9.17) is 10.5 Å². The summed E-state index contributed by atoms with van der Waals surface area (Å²) in [5.74, 6) is -2.03. The van der Waals surface area contributed by atoms with Gasteiger partial charge in [-0.25, -0.2) is 8.78 Å². The van der Waals surface area contributed by atoms with Crippen LogP contribution in [0.3, 0.4) is 0 Å². The van der Waals surface area contributed by atoms with Crippen LogP contribution in [0, 0.1) is 28.4 Å². The van der Waals surface area contributed by atoms with Crippen molar-refractivity contribution in [3.63, 3.8) is 0 Å². The number of alkyl halides is 3. The lowest BCUT2D eigenvalue weighted by atomic mass is 9.74. The molecule has 0 bridgehead atoms. The van der Waals surface area contributed by atoms with Crippen molar-refractivity contribution < 1.29 is 36.3 Å². The number of rotatable bonds is 5. The third-order valence-corrected chi connectivity index (χ3v) is 10.0. The second-order valence-corrected chi connectivity index (χ2v) is 16.2. The molecule has 2 heterocycles. The Morgan fingerprint density at radius 1 is 0.979 bits per heavy atom. The fourth-order valence-corrected chi connectivity index (χ4v) is 7.20. The predicted molar refractivity (Wildman–Crippen MR) is 171 cm³/mol. The number of aldehydes is 1. The van der Waals surface area contributed by atoms with Crippen molar-refractivity contribution in [1.29, 1.82) is 0 Å². The van der Waals surface area contributed by atoms with Gasteiger partial charge in [-0.2, -0.15) is 13.2 Å². The van der Waals surface area contributed by atoms with Crippen molar-refractivity contribution in [3.8, 4) is 0 Å². The SMILES string of the molecule is CC1(C)CCC(N(C(=O)C(C)(C)C)[C@H]2C[C@@H](CN)N(C(=O)C3CN(C(C)(C)C)C[C@H]3c3ccc(F)cc3F)C2)CC1.O=CC(F)(F)F. The van der Waals surface area contributed by atoms with Gasteiger partial charge in [0.25, 0.3) is 0 Å². The molecule has 2 amide bonds. The lowest BCUT2D eigenvalue weighted by molar-refractivity contribution is -0.156. The molecular weight excluding hydrogens is 619 g/mol. The van der Waals surface area contributed by atoms with E-state index in [-0.39, 0.29) is 40.9 Å². The number of halogens is 5. The number of nitrogens with two attached hydrogens (primary N) is 1. The Labute approximate surface area is 276 Å². The molecule has 7 nitrogen and oxygen atoms in total. The van der Waals surface area contributed by atoms with E-state index in [2.05, 4.69) is 44.4 Å². The average Bonchev–Trinajstić information content (AvgIpc) is 3.58. The number of benzene rings is 1. The first kappa shape index (κ1) is 38.8. The van der Waals surface area contributed by atoms with Gasteiger partial charge in [0.1, 0.15) is 11.6 Å². The predicted octanol–water partition coefficient (Wildman–Crippen LogP) is 6.30. The van der Waals surface area contributed by atoms with Crippen LogP contribution >= 0.6 is 0 Å². The van der Waals surface area contributed by atoms with Crippen LogP contribution in [0.15, 0.2) is 18.2 Å². The first-order valence-electron chi connectivity index (χ1n) is 16.6. The van der Waals surface area contributed by atoms with E-state index < -0.39 is 41.3 Å². The Hall–Kier alpha value is -2.60. The van der Waals surface area contributed by atoms with Crippen molar-refractivity contribution in [2.24, 2.45) is 22.5 Å². The number of nitrogens with zero attached hydrogens (tertiary/aromatic N) is 3. The highest BCUT2D eigenvalue weighted by Gasteiger charge is 2.49. The highest BCUT2D eigenvalue weighted by molar-refractivity contribution is 5.84. The molecule has 4 atom stereocenters. The summed E-state index contributed by atoms with van der Waals surface area (Å²) in [6.07, 6.45) is -1.00. The molecule has 4 rings (SSSR count). The number of hydrogen-bond donors (Lipinski definition) is 1. The zero-order valence-corrected chi connectivity index (χ0v) is 29.1. The van der Waals surface area contributed by atoms with Crippen molar-refractivity contribution in [3.05, 3.63) is 35.4 Å². The quantitative estimate of drug-likeness (QED) is 0.293. The van der Waals surface area contributed by atoms with Crippen LogP contribution in [0.2, 0.25) is 0 Å². The molecule has 47 heavy (non-hydrogen) atoms. The molecule has 1 unspecified atom stereocenters. The maximum atomic E-state index is 15.1. The van der Waals surface area contributed by atoms with Crippen LogP contribution in [0.1, 0.15) is 99.0 Å².